The number of aromatic nitrogens is 2. The van der Waals surface area contributed by atoms with Gasteiger partial charge >= 0.3 is 0 Å². The first-order chi connectivity index (χ1) is 28.3. The maximum absolute atomic E-state index is 9.65. The van der Waals surface area contributed by atoms with Gasteiger partial charge in [-0.1, -0.05) is 118 Å². The number of nitrogens with zero attached hydrogens (tertiary/aromatic N) is 2. The molecular formula is C52H50IrN2O-2. The van der Waals surface area contributed by atoms with E-state index in [1.165, 1.54) is 43.9 Å². The minimum atomic E-state index is -2.34. The first kappa shape index (κ1) is 33.5. The Morgan fingerprint density at radius 3 is 2.21 bits per heavy atom. The summed E-state index contributed by atoms with van der Waals surface area (Å²) in [5.74, 6) is -0.957. The molecule has 3 heterocycles. The normalized spacial score (nSPS) is 17.7. The zero-order chi connectivity index (χ0) is 41.0. The van der Waals surface area contributed by atoms with Crippen LogP contribution in [0, 0.1) is 24.4 Å². The Bertz CT molecular complexity index is 2790. The number of furan rings is 1. The molecule has 285 valence electrons. The summed E-state index contributed by atoms with van der Waals surface area (Å²) in [6.07, 6.45) is 13.1. The van der Waals surface area contributed by atoms with Gasteiger partial charge in [0, 0.05) is 48.8 Å². The molecule has 3 aromatic heterocycles. The van der Waals surface area contributed by atoms with E-state index in [2.05, 4.69) is 97.5 Å². The smallest absolute Gasteiger partial charge is 0.129 e. The van der Waals surface area contributed by atoms with Crippen LogP contribution in [0.1, 0.15) is 107 Å². The van der Waals surface area contributed by atoms with Gasteiger partial charge in [0.05, 0.1) is 5.58 Å². The molecule has 3 nitrogen and oxygen atoms in total. The molecule has 0 bridgehead atoms. The van der Waals surface area contributed by atoms with Crippen LogP contribution in [0.4, 0.5) is 0 Å². The number of benzene rings is 5. The van der Waals surface area contributed by atoms with Crippen molar-refractivity contribution in [3.8, 4) is 22.5 Å². The van der Waals surface area contributed by atoms with Gasteiger partial charge in [-0.15, -0.1) is 54.1 Å². The molecule has 4 heteroatoms. The van der Waals surface area contributed by atoms with Crippen LogP contribution in [0.3, 0.4) is 0 Å². The van der Waals surface area contributed by atoms with Crippen molar-refractivity contribution in [2.24, 2.45) is 5.41 Å². The standard InChI is InChI=1S/C37H34NO.C15H16N.Ir/c1-24-23-38-33(22-32(24)26-16-20-37(21-17-26)18-5-2-6-19-37)31-11-7-10-29-30-15-14-27-13-12-25-8-3-4-9-28(25)34(27)36(30)39-35(29)31;1-15(2,3)13-9-10-14(16-11-13)12-7-5-4-6-8-12;/h3-4,7-10,12-15,22-23,26H,2,5-6,16-21H2,1H3;4-7,9-11H,1-3H3;/q2*-1;/i1D3,26D;;. The summed E-state index contributed by atoms with van der Waals surface area (Å²) < 4.78 is 41.3. The summed E-state index contributed by atoms with van der Waals surface area (Å²) in [6, 6.07) is 41.3. The fraction of sp³-hybridized carbons (Fsp3) is 0.308. The Labute approximate surface area is 350 Å². The fourth-order valence-corrected chi connectivity index (χ4v) is 9.06. The summed E-state index contributed by atoms with van der Waals surface area (Å²) >= 11 is 0. The predicted molar refractivity (Wildman–Crippen MR) is 229 cm³/mol. The van der Waals surface area contributed by atoms with Gasteiger partial charge in [-0.2, -0.15) is 0 Å². The van der Waals surface area contributed by atoms with Gasteiger partial charge in [-0.05, 0) is 106 Å². The van der Waals surface area contributed by atoms with Gasteiger partial charge in [0.1, 0.15) is 5.58 Å². The molecule has 56 heavy (non-hydrogen) atoms. The number of hydrogen-bond donors (Lipinski definition) is 0. The summed E-state index contributed by atoms with van der Waals surface area (Å²) in [6.45, 7) is 4.24. The Hall–Kier alpha value is -4.63. The molecular weight excluding hydrogens is 861 g/mol. The Kier molecular flexibility index (Phi) is 9.41. The average Bonchev–Trinajstić information content (AvgIpc) is 3.64. The van der Waals surface area contributed by atoms with Crippen LogP contribution in [0.5, 0.6) is 0 Å². The van der Waals surface area contributed by atoms with Gasteiger partial charge in [0.2, 0.25) is 0 Å². The van der Waals surface area contributed by atoms with Crippen molar-refractivity contribution < 1.29 is 30.0 Å². The third kappa shape index (κ3) is 7.35. The Morgan fingerprint density at radius 2 is 1.46 bits per heavy atom. The van der Waals surface area contributed by atoms with E-state index in [0.717, 1.165) is 62.0 Å². The predicted octanol–water partition coefficient (Wildman–Crippen LogP) is 14.5. The molecule has 2 aliphatic carbocycles. The first-order valence-electron chi connectivity index (χ1n) is 21.9. The molecule has 0 atom stereocenters. The summed E-state index contributed by atoms with van der Waals surface area (Å²) in [7, 11) is 0. The molecule has 10 rings (SSSR count). The van der Waals surface area contributed by atoms with Crippen molar-refractivity contribution in [1.82, 2.24) is 9.97 Å². The Balaban J connectivity index is 0.000000248. The van der Waals surface area contributed by atoms with E-state index in [1.54, 1.807) is 0 Å². The third-order valence-electron chi connectivity index (χ3n) is 12.3. The van der Waals surface area contributed by atoms with Gasteiger partial charge in [-0.25, -0.2) is 0 Å². The number of aryl methyl sites for hydroxylation is 1. The molecule has 0 amide bonds. The van der Waals surface area contributed by atoms with Gasteiger partial charge in [0.15, 0.2) is 0 Å². The van der Waals surface area contributed by atoms with E-state index in [4.69, 9.17) is 8.53 Å². The van der Waals surface area contributed by atoms with Crippen LogP contribution < -0.4 is 0 Å². The minimum absolute atomic E-state index is 0. The quantitative estimate of drug-likeness (QED) is 0.131. The van der Waals surface area contributed by atoms with Crippen molar-refractivity contribution in [1.29, 1.82) is 0 Å². The van der Waals surface area contributed by atoms with E-state index < -0.39 is 12.7 Å². The molecule has 0 unspecified atom stereocenters. The number of pyridine rings is 2. The largest absolute Gasteiger partial charge is 0.500 e. The van der Waals surface area contributed by atoms with Crippen molar-refractivity contribution in [2.45, 2.75) is 96.7 Å². The fourth-order valence-electron chi connectivity index (χ4n) is 9.06. The topological polar surface area (TPSA) is 38.9 Å². The number of hydrogen-bond acceptors (Lipinski definition) is 3. The summed E-state index contributed by atoms with van der Waals surface area (Å²) in [5.41, 5.74) is 7.36. The van der Waals surface area contributed by atoms with Crippen LogP contribution in [0.15, 0.2) is 120 Å². The number of fused-ring (bicyclic) bond motifs is 7. The Morgan fingerprint density at radius 1 is 0.714 bits per heavy atom. The number of rotatable bonds is 3. The molecule has 5 aromatic carbocycles. The van der Waals surface area contributed by atoms with Crippen LogP contribution >= 0.6 is 0 Å². The molecule has 8 aromatic rings. The molecule has 0 aliphatic heterocycles. The van der Waals surface area contributed by atoms with Gasteiger partial charge < -0.3 is 14.4 Å². The molecule has 2 aliphatic rings. The van der Waals surface area contributed by atoms with Crippen LogP contribution in [0.25, 0.3) is 66.0 Å². The van der Waals surface area contributed by atoms with E-state index in [9.17, 15) is 1.37 Å². The molecule has 1 radical (unpaired) electrons. The first-order valence-corrected chi connectivity index (χ1v) is 19.9. The van der Waals surface area contributed by atoms with Crippen molar-refractivity contribution in [3.05, 3.63) is 144 Å². The molecule has 2 saturated carbocycles. The van der Waals surface area contributed by atoms with Crippen LogP contribution in [0.2, 0.25) is 0 Å². The summed E-state index contributed by atoms with van der Waals surface area (Å²) in [5, 5.41) is 6.48. The van der Waals surface area contributed by atoms with Gasteiger partial charge in [-0.3, -0.25) is 0 Å². The van der Waals surface area contributed by atoms with E-state index >= 15 is 0 Å². The second-order valence-electron chi connectivity index (χ2n) is 16.8. The van der Waals surface area contributed by atoms with Crippen molar-refractivity contribution >= 4 is 43.5 Å². The average molecular weight is 915 g/mol. The maximum Gasteiger partial charge on any atom is 0.129 e. The van der Waals surface area contributed by atoms with Crippen LogP contribution in [-0.4, -0.2) is 9.97 Å². The molecule has 2 fully saturated rings. The zero-order valence-electron chi connectivity index (χ0n) is 36.5. The zero-order valence-corrected chi connectivity index (χ0v) is 34.9. The van der Waals surface area contributed by atoms with E-state index in [-0.39, 0.29) is 31.1 Å². The second kappa shape index (κ2) is 15.7. The van der Waals surface area contributed by atoms with Gasteiger partial charge in [0.25, 0.3) is 0 Å². The SMILES string of the molecule is CC(C)(C)c1ccc(-c2[c-]cccc2)nc1.[2H]C([2H])([2H])c1cnc(-c2[c-]ccc3c2oc2c3ccc3ccc4ccccc4c32)cc1C1([2H])CCC2(CCCCC2)CC1.[Ir]. The monoisotopic (exact) mass is 915 g/mol. The third-order valence-corrected chi connectivity index (χ3v) is 12.3. The molecule has 1 spiro atoms. The maximum atomic E-state index is 9.65. The molecule has 0 N–H and O–H groups in total. The van der Waals surface area contributed by atoms with Crippen LogP contribution in [-0.2, 0) is 25.5 Å². The van der Waals surface area contributed by atoms with Crippen molar-refractivity contribution in [2.75, 3.05) is 0 Å². The minimum Gasteiger partial charge on any atom is -0.500 e. The summed E-state index contributed by atoms with van der Waals surface area (Å²) in [4.78, 5) is 9.17. The second-order valence-corrected chi connectivity index (χ2v) is 16.8. The van der Waals surface area contributed by atoms with E-state index in [1.807, 2.05) is 54.7 Å². The van der Waals surface area contributed by atoms with Crippen molar-refractivity contribution in [3.63, 3.8) is 0 Å². The molecule has 0 saturated heterocycles. The van der Waals surface area contributed by atoms with E-state index in [0.29, 0.717) is 40.7 Å².